The second kappa shape index (κ2) is 7.70. The SMILES string of the molecule is CCC(NC(=O)c1ccc(Cl)cc1)C1C2CC(Oc3cc(F)ccc3F)CC21. The fraction of sp³-hybridized carbons (Fsp3) is 0.409. The maximum absolute atomic E-state index is 13.8. The predicted molar refractivity (Wildman–Crippen MR) is 103 cm³/mol. The average Bonchev–Trinajstić information content (AvgIpc) is 3.17. The first-order valence-electron chi connectivity index (χ1n) is 9.64. The van der Waals surface area contributed by atoms with Crippen molar-refractivity contribution in [3.8, 4) is 5.75 Å². The van der Waals surface area contributed by atoms with E-state index in [4.69, 9.17) is 16.3 Å². The Kier molecular flexibility index (Phi) is 5.28. The van der Waals surface area contributed by atoms with Gasteiger partial charge in [-0.3, -0.25) is 4.79 Å². The van der Waals surface area contributed by atoms with Crippen molar-refractivity contribution in [3.63, 3.8) is 0 Å². The number of benzene rings is 2. The quantitative estimate of drug-likeness (QED) is 0.714. The van der Waals surface area contributed by atoms with Crippen molar-refractivity contribution in [1.29, 1.82) is 0 Å². The molecule has 3 nitrogen and oxygen atoms in total. The standard InChI is InChI=1S/C22H22ClF2NO2/c1-2-19(26-22(27)12-3-5-13(23)6-4-12)21-16-10-15(11-17(16)21)28-20-9-14(24)7-8-18(20)25/h3-9,15-17,19,21H,2,10-11H2,1H3,(H,26,27). The number of fused-ring (bicyclic) bond motifs is 1. The van der Waals surface area contributed by atoms with E-state index in [0.717, 1.165) is 37.5 Å². The molecule has 0 radical (unpaired) electrons. The van der Waals surface area contributed by atoms with Gasteiger partial charge < -0.3 is 10.1 Å². The third-order valence-corrected chi connectivity index (χ3v) is 6.23. The molecule has 3 atom stereocenters. The van der Waals surface area contributed by atoms with Gasteiger partial charge in [0.1, 0.15) is 5.82 Å². The summed E-state index contributed by atoms with van der Waals surface area (Å²) in [6, 6.07) is 10.2. The molecule has 2 saturated carbocycles. The van der Waals surface area contributed by atoms with E-state index in [-0.39, 0.29) is 23.8 Å². The predicted octanol–water partition coefficient (Wildman–Crippen LogP) is 5.23. The molecule has 28 heavy (non-hydrogen) atoms. The molecular formula is C22H22ClF2NO2. The Hall–Kier alpha value is -2.14. The number of nitrogens with one attached hydrogen (secondary N) is 1. The minimum atomic E-state index is -0.541. The van der Waals surface area contributed by atoms with Crippen molar-refractivity contribution in [2.75, 3.05) is 0 Å². The molecule has 0 spiro atoms. The molecule has 4 rings (SSSR count). The molecule has 0 aliphatic heterocycles. The van der Waals surface area contributed by atoms with Gasteiger partial charge >= 0.3 is 0 Å². The van der Waals surface area contributed by atoms with Gasteiger partial charge in [0, 0.05) is 22.7 Å². The van der Waals surface area contributed by atoms with Crippen LogP contribution in [0.15, 0.2) is 42.5 Å². The lowest BCUT2D eigenvalue weighted by Gasteiger charge is -2.22. The molecule has 6 heteroatoms. The summed E-state index contributed by atoms with van der Waals surface area (Å²) in [7, 11) is 0. The highest BCUT2D eigenvalue weighted by Gasteiger charge is 2.59. The Balaban J connectivity index is 1.33. The molecule has 2 fully saturated rings. The smallest absolute Gasteiger partial charge is 0.251 e. The first-order valence-corrected chi connectivity index (χ1v) is 10.0. The molecule has 1 amide bonds. The van der Waals surface area contributed by atoms with E-state index >= 15 is 0 Å². The summed E-state index contributed by atoms with van der Waals surface area (Å²) in [6.45, 7) is 2.07. The summed E-state index contributed by atoms with van der Waals surface area (Å²) in [5, 5.41) is 3.74. The van der Waals surface area contributed by atoms with Crippen LogP contribution < -0.4 is 10.1 Å². The number of carbonyl (C=O) groups is 1. The molecule has 0 saturated heterocycles. The van der Waals surface area contributed by atoms with Crippen molar-refractivity contribution >= 4 is 17.5 Å². The summed E-state index contributed by atoms with van der Waals surface area (Å²) < 4.78 is 32.8. The normalized spacial score (nSPS) is 26.4. The molecule has 148 valence electrons. The van der Waals surface area contributed by atoms with E-state index in [9.17, 15) is 13.6 Å². The third-order valence-electron chi connectivity index (χ3n) is 5.98. The van der Waals surface area contributed by atoms with Gasteiger partial charge in [0.15, 0.2) is 11.6 Å². The van der Waals surface area contributed by atoms with Crippen LogP contribution in [-0.2, 0) is 0 Å². The van der Waals surface area contributed by atoms with Crippen molar-refractivity contribution in [2.24, 2.45) is 17.8 Å². The Morgan fingerprint density at radius 3 is 2.50 bits per heavy atom. The highest BCUT2D eigenvalue weighted by molar-refractivity contribution is 6.30. The summed E-state index contributed by atoms with van der Waals surface area (Å²) in [5.41, 5.74) is 0.594. The van der Waals surface area contributed by atoms with Gasteiger partial charge in [-0.2, -0.15) is 0 Å². The number of amides is 1. The number of halogens is 3. The number of hydrogen-bond acceptors (Lipinski definition) is 2. The van der Waals surface area contributed by atoms with E-state index in [0.29, 0.717) is 28.3 Å². The second-order valence-electron chi connectivity index (χ2n) is 7.69. The van der Waals surface area contributed by atoms with Crippen molar-refractivity contribution in [1.82, 2.24) is 5.32 Å². The Labute approximate surface area is 168 Å². The Morgan fingerprint density at radius 1 is 1.18 bits per heavy atom. The van der Waals surface area contributed by atoms with Gasteiger partial charge in [-0.05, 0) is 73.4 Å². The molecule has 0 aromatic heterocycles. The maximum atomic E-state index is 13.8. The number of ether oxygens (including phenoxy) is 1. The van der Waals surface area contributed by atoms with Crippen molar-refractivity contribution in [2.45, 2.75) is 38.3 Å². The van der Waals surface area contributed by atoms with Crippen LogP contribution in [0.25, 0.3) is 0 Å². The summed E-state index contributed by atoms with van der Waals surface area (Å²) >= 11 is 5.88. The minimum absolute atomic E-state index is 0.0223. The van der Waals surface area contributed by atoms with Crippen LogP contribution in [0.1, 0.15) is 36.5 Å². The van der Waals surface area contributed by atoms with Gasteiger partial charge in [-0.1, -0.05) is 18.5 Å². The van der Waals surface area contributed by atoms with Crippen LogP contribution in [0.4, 0.5) is 8.78 Å². The Bertz CT molecular complexity index is 861. The van der Waals surface area contributed by atoms with E-state index in [1.807, 2.05) is 0 Å². The van der Waals surface area contributed by atoms with Gasteiger partial charge in [-0.25, -0.2) is 8.78 Å². The van der Waals surface area contributed by atoms with Crippen LogP contribution in [0.2, 0.25) is 5.02 Å². The van der Waals surface area contributed by atoms with Gasteiger partial charge in [-0.15, -0.1) is 0 Å². The van der Waals surface area contributed by atoms with E-state index in [2.05, 4.69) is 12.2 Å². The molecule has 2 aromatic rings. The van der Waals surface area contributed by atoms with Crippen LogP contribution >= 0.6 is 11.6 Å². The Morgan fingerprint density at radius 2 is 1.86 bits per heavy atom. The lowest BCUT2D eigenvalue weighted by molar-refractivity contribution is 0.0924. The molecule has 0 bridgehead atoms. The van der Waals surface area contributed by atoms with Crippen molar-refractivity contribution in [3.05, 3.63) is 64.7 Å². The van der Waals surface area contributed by atoms with Crippen LogP contribution in [0.3, 0.4) is 0 Å². The second-order valence-corrected chi connectivity index (χ2v) is 8.12. The fourth-order valence-electron chi connectivity index (χ4n) is 4.61. The lowest BCUT2D eigenvalue weighted by atomic mass is 10.00. The zero-order valence-electron chi connectivity index (χ0n) is 15.5. The van der Waals surface area contributed by atoms with Crippen LogP contribution in [-0.4, -0.2) is 18.1 Å². The topological polar surface area (TPSA) is 38.3 Å². The molecule has 2 aliphatic carbocycles. The molecular weight excluding hydrogens is 384 g/mol. The maximum Gasteiger partial charge on any atom is 0.251 e. The number of rotatable bonds is 6. The summed E-state index contributed by atoms with van der Waals surface area (Å²) in [4.78, 5) is 12.5. The monoisotopic (exact) mass is 405 g/mol. The largest absolute Gasteiger partial charge is 0.487 e. The average molecular weight is 406 g/mol. The van der Waals surface area contributed by atoms with E-state index < -0.39 is 11.6 Å². The fourth-order valence-corrected chi connectivity index (χ4v) is 4.73. The summed E-state index contributed by atoms with van der Waals surface area (Å²) in [5.74, 6) is 0.162. The van der Waals surface area contributed by atoms with Gasteiger partial charge in [0.2, 0.25) is 0 Å². The zero-order valence-corrected chi connectivity index (χ0v) is 16.3. The highest BCUT2D eigenvalue weighted by atomic mass is 35.5. The van der Waals surface area contributed by atoms with Crippen molar-refractivity contribution < 1.29 is 18.3 Å². The molecule has 2 aliphatic rings. The first-order chi connectivity index (χ1) is 13.5. The molecule has 3 unspecified atom stereocenters. The number of carbonyl (C=O) groups excluding carboxylic acids is 1. The van der Waals surface area contributed by atoms with Gasteiger partial charge in [0.25, 0.3) is 5.91 Å². The minimum Gasteiger partial charge on any atom is -0.487 e. The van der Waals surface area contributed by atoms with Gasteiger partial charge in [0.05, 0.1) is 6.10 Å². The number of hydrogen-bond donors (Lipinski definition) is 1. The third kappa shape index (κ3) is 3.86. The van der Waals surface area contributed by atoms with Crippen LogP contribution in [0.5, 0.6) is 5.75 Å². The first kappa shape index (κ1) is 19.2. The summed E-state index contributed by atoms with van der Waals surface area (Å²) in [6.07, 6.45) is 2.35. The molecule has 1 N–H and O–H groups in total. The molecule has 0 heterocycles. The van der Waals surface area contributed by atoms with E-state index in [1.54, 1.807) is 24.3 Å². The van der Waals surface area contributed by atoms with E-state index in [1.165, 1.54) is 0 Å². The lowest BCUT2D eigenvalue weighted by Crippen LogP contribution is -2.37. The molecule has 2 aromatic carbocycles. The zero-order chi connectivity index (χ0) is 19.8. The highest BCUT2D eigenvalue weighted by Crippen LogP contribution is 2.60. The van der Waals surface area contributed by atoms with Crippen LogP contribution in [0, 0.1) is 29.4 Å².